The Morgan fingerprint density at radius 1 is 1.36 bits per heavy atom. The number of rotatable bonds is 7. The molecule has 0 radical (unpaired) electrons. The Balaban J connectivity index is 4.06. The third kappa shape index (κ3) is 6.01. The Morgan fingerprint density at radius 2 is 2.00 bits per heavy atom. The van der Waals surface area contributed by atoms with Crippen molar-refractivity contribution in [2.24, 2.45) is 0 Å². The van der Waals surface area contributed by atoms with Crippen molar-refractivity contribution in [1.82, 2.24) is 10.2 Å². The molecule has 0 aromatic heterocycles. The van der Waals surface area contributed by atoms with E-state index in [1.165, 1.54) is 0 Å². The first-order chi connectivity index (χ1) is 6.55. The van der Waals surface area contributed by atoms with E-state index >= 15 is 0 Å². The van der Waals surface area contributed by atoms with Crippen molar-refractivity contribution in [3.63, 3.8) is 0 Å². The summed E-state index contributed by atoms with van der Waals surface area (Å²) in [5.74, 6) is 2.72. The quantitative estimate of drug-likeness (QED) is 0.624. The zero-order valence-corrected chi connectivity index (χ0v) is 10.1. The van der Waals surface area contributed by atoms with E-state index in [4.69, 9.17) is 6.42 Å². The predicted octanol–water partition coefficient (Wildman–Crippen LogP) is 1.72. The normalized spacial score (nSPS) is 11.7. The van der Waals surface area contributed by atoms with Crippen LogP contribution in [0.3, 0.4) is 0 Å². The van der Waals surface area contributed by atoms with Crippen LogP contribution < -0.4 is 5.32 Å². The molecule has 0 spiro atoms. The number of nitrogens with one attached hydrogen (secondary N) is 1. The Morgan fingerprint density at radius 3 is 2.43 bits per heavy atom. The molecule has 1 N–H and O–H groups in total. The standard InChI is InChI=1S/C12H24N2/c1-6-9-14(10-7-2)11-12(4,5)13-8-3/h1,13H,7-11H2,2-5H3. The van der Waals surface area contributed by atoms with Gasteiger partial charge in [-0.3, -0.25) is 4.90 Å². The molecule has 0 saturated heterocycles. The zero-order chi connectivity index (χ0) is 11.0. The molecule has 0 fully saturated rings. The summed E-state index contributed by atoms with van der Waals surface area (Å²) < 4.78 is 0. The molecule has 0 saturated carbocycles. The van der Waals surface area contributed by atoms with Gasteiger partial charge in [0.15, 0.2) is 0 Å². The number of likely N-dealkylation sites (N-methyl/N-ethyl adjacent to an activating group) is 1. The Labute approximate surface area is 89.1 Å². The van der Waals surface area contributed by atoms with Crippen LogP contribution in [-0.4, -0.2) is 36.6 Å². The van der Waals surface area contributed by atoms with Gasteiger partial charge in [-0.1, -0.05) is 19.8 Å². The lowest BCUT2D eigenvalue weighted by Crippen LogP contribution is -2.49. The Hall–Kier alpha value is -0.520. The van der Waals surface area contributed by atoms with E-state index in [0.717, 1.165) is 32.6 Å². The minimum Gasteiger partial charge on any atom is -0.311 e. The second-order valence-electron chi connectivity index (χ2n) is 4.33. The maximum Gasteiger partial charge on any atom is 0.0599 e. The van der Waals surface area contributed by atoms with E-state index in [1.807, 2.05) is 0 Å². The van der Waals surface area contributed by atoms with Gasteiger partial charge in [-0.25, -0.2) is 0 Å². The van der Waals surface area contributed by atoms with Gasteiger partial charge in [-0.2, -0.15) is 0 Å². The fraction of sp³-hybridized carbons (Fsp3) is 0.833. The third-order valence-electron chi connectivity index (χ3n) is 2.13. The van der Waals surface area contributed by atoms with E-state index < -0.39 is 0 Å². The number of nitrogens with zero attached hydrogens (tertiary/aromatic N) is 1. The van der Waals surface area contributed by atoms with Crippen molar-refractivity contribution in [3.05, 3.63) is 0 Å². The number of hydrogen-bond donors (Lipinski definition) is 1. The van der Waals surface area contributed by atoms with Gasteiger partial charge in [-0.05, 0) is 33.4 Å². The highest BCUT2D eigenvalue weighted by Crippen LogP contribution is 2.05. The Bertz CT molecular complexity index is 179. The van der Waals surface area contributed by atoms with Crippen molar-refractivity contribution in [1.29, 1.82) is 0 Å². The summed E-state index contributed by atoms with van der Waals surface area (Å²) in [4.78, 5) is 2.32. The van der Waals surface area contributed by atoms with Crippen molar-refractivity contribution in [3.8, 4) is 12.3 Å². The average molecular weight is 196 g/mol. The van der Waals surface area contributed by atoms with Crippen LogP contribution in [0.25, 0.3) is 0 Å². The molecule has 82 valence electrons. The lowest BCUT2D eigenvalue weighted by molar-refractivity contribution is 0.222. The summed E-state index contributed by atoms with van der Waals surface area (Å²) in [5, 5.41) is 3.46. The molecule has 0 amide bonds. The van der Waals surface area contributed by atoms with E-state index in [1.54, 1.807) is 0 Å². The number of terminal acetylenes is 1. The molecule has 14 heavy (non-hydrogen) atoms. The second-order valence-corrected chi connectivity index (χ2v) is 4.33. The lowest BCUT2D eigenvalue weighted by Gasteiger charge is -2.32. The first kappa shape index (κ1) is 13.5. The van der Waals surface area contributed by atoms with Crippen LogP contribution in [-0.2, 0) is 0 Å². The highest BCUT2D eigenvalue weighted by atomic mass is 15.2. The van der Waals surface area contributed by atoms with Crippen LogP contribution >= 0.6 is 0 Å². The van der Waals surface area contributed by atoms with Crippen LogP contribution in [0.15, 0.2) is 0 Å². The molecule has 0 aliphatic heterocycles. The maximum absolute atomic E-state index is 5.34. The van der Waals surface area contributed by atoms with Crippen LogP contribution in [0.1, 0.15) is 34.1 Å². The summed E-state index contributed by atoms with van der Waals surface area (Å²) in [7, 11) is 0. The second kappa shape index (κ2) is 6.86. The van der Waals surface area contributed by atoms with Gasteiger partial charge in [0.25, 0.3) is 0 Å². The van der Waals surface area contributed by atoms with Crippen molar-refractivity contribution < 1.29 is 0 Å². The summed E-state index contributed by atoms with van der Waals surface area (Å²) in [6, 6.07) is 0. The molecule has 0 aliphatic rings. The first-order valence-corrected chi connectivity index (χ1v) is 5.46. The van der Waals surface area contributed by atoms with Crippen molar-refractivity contribution >= 4 is 0 Å². The molecular formula is C12H24N2. The van der Waals surface area contributed by atoms with Gasteiger partial charge in [-0.15, -0.1) is 6.42 Å². The fourth-order valence-electron chi connectivity index (χ4n) is 1.75. The Kier molecular flexibility index (Phi) is 6.61. The molecule has 0 aliphatic carbocycles. The molecular weight excluding hydrogens is 172 g/mol. The largest absolute Gasteiger partial charge is 0.311 e. The predicted molar refractivity (Wildman–Crippen MR) is 63.3 cm³/mol. The molecule has 0 bridgehead atoms. The smallest absolute Gasteiger partial charge is 0.0599 e. The molecule has 0 atom stereocenters. The number of hydrogen-bond acceptors (Lipinski definition) is 2. The first-order valence-electron chi connectivity index (χ1n) is 5.46. The van der Waals surface area contributed by atoms with E-state index in [9.17, 15) is 0 Å². The van der Waals surface area contributed by atoms with Gasteiger partial charge in [0.2, 0.25) is 0 Å². The molecule has 0 unspecified atom stereocenters. The van der Waals surface area contributed by atoms with Crippen molar-refractivity contribution in [2.45, 2.75) is 39.7 Å². The van der Waals surface area contributed by atoms with E-state index in [0.29, 0.717) is 0 Å². The maximum atomic E-state index is 5.34. The van der Waals surface area contributed by atoms with Gasteiger partial charge < -0.3 is 5.32 Å². The monoisotopic (exact) mass is 196 g/mol. The van der Waals surface area contributed by atoms with E-state index in [-0.39, 0.29) is 5.54 Å². The van der Waals surface area contributed by atoms with E-state index in [2.05, 4.69) is 43.8 Å². The van der Waals surface area contributed by atoms with Gasteiger partial charge in [0.05, 0.1) is 6.54 Å². The molecule has 0 heterocycles. The van der Waals surface area contributed by atoms with Crippen LogP contribution in [0.2, 0.25) is 0 Å². The highest BCUT2D eigenvalue weighted by molar-refractivity contribution is 4.91. The fourth-order valence-corrected chi connectivity index (χ4v) is 1.75. The minimum absolute atomic E-state index is 0.154. The average Bonchev–Trinajstić information content (AvgIpc) is 2.03. The summed E-state index contributed by atoms with van der Waals surface area (Å²) >= 11 is 0. The van der Waals surface area contributed by atoms with Gasteiger partial charge in [0, 0.05) is 12.1 Å². The SMILES string of the molecule is C#CCN(CCC)CC(C)(C)NCC. The van der Waals surface area contributed by atoms with Crippen LogP contribution in [0.5, 0.6) is 0 Å². The molecule has 0 aromatic rings. The van der Waals surface area contributed by atoms with Crippen LogP contribution in [0.4, 0.5) is 0 Å². The molecule has 0 aromatic carbocycles. The zero-order valence-electron chi connectivity index (χ0n) is 10.1. The highest BCUT2D eigenvalue weighted by Gasteiger charge is 2.19. The van der Waals surface area contributed by atoms with Gasteiger partial charge in [0.1, 0.15) is 0 Å². The van der Waals surface area contributed by atoms with Crippen molar-refractivity contribution in [2.75, 3.05) is 26.2 Å². The summed E-state index contributed by atoms with van der Waals surface area (Å²) in [6.07, 6.45) is 6.50. The lowest BCUT2D eigenvalue weighted by atomic mass is 10.0. The molecule has 2 heteroatoms. The third-order valence-corrected chi connectivity index (χ3v) is 2.13. The van der Waals surface area contributed by atoms with Crippen LogP contribution in [0, 0.1) is 12.3 Å². The summed E-state index contributed by atoms with van der Waals surface area (Å²) in [6.45, 7) is 12.6. The molecule has 0 rings (SSSR count). The molecule has 2 nitrogen and oxygen atoms in total. The van der Waals surface area contributed by atoms with Gasteiger partial charge >= 0.3 is 0 Å². The topological polar surface area (TPSA) is 15.3 Å². The minimum atomic E-state index is 0.154. The summed E-state index contributed by atoms with van der Waals surface area (Å²) in [5.41, 5.74) is 0.154.